The average Bonchev–Trinajstić information content (AvgIpc) is 2.61. The zero-order valence-corrected chi connectivity index (χ0v) is 14.5. The first-order chi connectivity index (χ1) is 11.6. The van der Waals surface area contributed by atoms with Crippen molar-refractivity contribution >= 4 is 11.7 Å². The van der Waals surface area contributed by atoms with Gasteiger partial charge in [-0.3, -0.25) is 10.2 Å². The average molecular weight is 326 g/mol. The van der Waals surface area contributed by atoms with E-state index in [2.05, 4.69) is 53.5 Å². The van der Waals surface area contributed by atoms with Crippen molar-refractivity contribution in [1.82, 2.24) is 10.4 Å². The van der Waals surface area contributed by atoms with Gasteiger partial charge in [-0.15, -0.1) is 0 Å². The van der Waals surface area contributed by atoms with Crippen LogP contribution < -0.4 is 16.2 Å². The van der Waals surface area contributed by atoms with Gasteiger partial charge < -0.3 is 4.90 Å². The molecule has 0 atom stereocenters. The van der Waals surface area contributed by atoms with Crippen LogP contribution in [0.15, 0.2) is 42.6 Å². The molecule has 5 nitrogen and oxygen atoms in total. The van der Waals surface area contributed by atoms with E-state index in [0.29, 0.717) is 6.42 Å². The topological polar surface area (TPSA) is 71.2 Å². The first kappa shape index (κ1) is 17.9. The van der Waals surface area contributed by atoms with Crippen molar-refractivity contribution in [3.8, 4) is 0 Å². The molecule has 0 unspecified atom stereocenters. The van der Waals surface area contributed by atoms with Crippen molar-refractivity contribution in [2.75, 3.05) is 18.5 Å². The monoisotopic (exact) mass is 326 g/mol. The largest absolute Gasteiger partial charge is 0.360 e. The lowest BCUT2D eigenvalue weighted by atomic mass is 10.0. The highest BCUT2D eigenvalue weighted by molar-refractivity contribution is 5.77. The molecule has 0 spiro atoms. The maximum atomic E-state index is 11.2. The van der Waals surface area contributed by atoms with Crippen LogP contribution in [0.5, 0.6) is 0 Å². The number of nitrogens with two attached hydrogens (primary N) is 1. The molecule has 1 aromatic heterocycles. The van der Waals surface area contributed by atoms with Crippen LogP contribution in [0.4, 0.5) is 5.82 Å². The molecule has 0 aliphatic carbocycles. The van der Waals surface area contributed by atoms with E-state index >= 15 is 0 Å². The number of pyridine rings is 1. The molecule has 0 aliphatic rings. The number of nitrogens with one attached hydrogen (secondary N) is 1. The Morgan fingerprint density at radius 3 is 2.29 bits per heavy atom. The van der Waals surface area contributed by atoms with E-state index in [9.17, 15) is 4.79 Å². The minimum absolute atomic E-state index is 0.179. The number of anilines is 1. The van der Waals surface area contributed by atoms with Gasteiger partial charge in [0, 0.05) is 19.8 Å². The van der Waals surface area contributed by atoms with Crippen molar-refractivity contribution in [1.29, 1.82) is 0 Å². The molecule has 5 heteroatoms. The number of carbonyl (C=O) groups excluding carboxylic acids is 1. The zero-order chi connectivity index (χ0) is 17.4. The molecule has 0 aliphatic heterocycles. The highest BCUT2D eigenvalue weighted by Crippen LogP contribution is 2.13. The quantitative estimate of drug-likeness (QED) is 0.443. The number of rotatable bonds is 8. The molecule has 128 valence electrons. The first-order valence-corrected chi connectivity index (χ1v) is 8.35. The van der Waals surface area contributed by atoms with Gasteiger partial charge >= 0.3 is 0 Å². The number of hydrogen-bond acceptors (Lipinski definition) is 4. The molecular formula is C19H26N4O. The van der Waals surface area contributed by atoms with E-state index in [4.69, 9.17) is 5.84 Å². The Morgan fingerprint density at radius 1 is 1.08 bits per heavy atom. The summed E-state index contributed by atoms with van der Waals surface area (Å²) >= 11 is 0. The Labute approximate surface area is 143 Å². The van der Waals surface area contributed by atoms with Gasteiger partial charge in [-0.1, -0.05) is 37.3 Å². The van der Waals surface area contributed by atoms with Gasteiger partial charge in [0.15, 0.2) is 0 Å². The van der Waals surface area contributed by atoms with Crippen LogP contribution in [0.1, 0.15) is 30.0 Å². The summed E-state index contributed by atoms with van der Waals surface area (Å²) in [5.41, 5.74) is 5.59. The van der Waals surface area contributed by atoms with E-state index in [1.54, 1.807) is 0 Å². The highest BCUT2D eigenvalue weighted by atomic mass is 16.2. The van der Waals surface area contributed by atoms with Gasteiger partial charge in [0.1, 0.15) is 5.82 Å². The van der Waals surface area contributed by atoms with Gasteiger partial charge in [0.2, 0.25) is 5.91 Å². The molecule has 1 amide bonds. The number of benzene rings is 1. The maximum Gasteiger partial charge on any atom is 0.238 e. The second-order valence-corrected chi connectivity index (χ2v) is 6.01. The first-order valence-electron chi connectivity index (χ1n) is 8.35. The second-order valence-electron chi connectivity index (χ2n) is 6.01. The molecule has 2 aromatic rings. The summed E-state index contributed by atoms with van der Waals surface area (Å²) in [7, 11) is 2.07. The van der Waals surface area contributed by atoms with Gasteiger partial charge in [-0.05, 0) is 42.0 Å². The highest BCUT2D eigenvalue weighted by Gasteiger charge is 2.03. The van der Waals surface area contributed by atoms with Crippen molar-refractivity contribution in [2.45, 2.75) is 32.6 Å². The van der Waals surface area contributed by atoms with Crippen molar-refractivity contribution in [3.63, 3.8) is 0 Å². The van der Waals surface area contributed by atoms with Gasteiger partial charge in [0.25, 0.3) is 0 Å². The van der Waals surface area contributed by atoms with Gasteiger partial charge in [0.05, 0.1) is 6.42 Å². The van der Waals surface area contributed by atoms with Crippen LogP contribution in [0, 0.1) is 0 Å². The maximum absolute atomic E-state index is 11.2. The third kappa shape index (κ3) is 5.35. The van der Waals surface area contributed by atoms with Gasteiger partial charge in [-0.2, -0.15) is 0 Å². The molecule has 24 heavy (non-hydrogen) atoms. The van der Waals surface area contributed by atoms with E-state index in [-0.39, 0.29) is 5.91 Å². The summed E-state index contributed by atoms with van der Waals surface area (Å²) in [6, 6.07) is 12.3. The molecular weight excluding hydrogens is 300 g/mol. The number of hydrazine groups is 1. The standard InChI is InChI=1S/C19H26N4O/c1-3-12-23(2)18-11-10-17(14-21-18)9-6-15-4-7-16(8-5-15)13-19(24)22-20/h4-5,7-8,10-11,14H,3,6,9,12-13,20H2,1-2H3,(H,22,24). The summed E-state index contributed by atoms with van der Waals surface area (Å²) < 4.78 is 0. The fourth-order valence-corrected chi connectivity index (χ4v) is 2.59. The van der Waals surface area contributed by atoms with Crippen LogP contribution in [-0.4, -0.2) is 24.5 Å². The summed E-state index contributed by atoms with van der Waals surface area (Å²) in [5.74, 6) is 5.94. The lowest BCUT2D eigenvalue weighted by Crippen LogP contribution is -2.31. The lowest BCUT2D eigenvalue weighted by molar-refractivity contribution is -0.120. The molecule has 0 radical (unpaired) electrons. The van der Waals surface area contributed by atoms with E-state index in [1.807, 2.05) is 18.3 Å². The Balaban J connectivity index is 1.87. The zero-order valence-electron chi connectivity index (χ0n) is 14.5. The molecule has 1 heterocycles. The number of nitrogens with zero attached hydrogens (tertiary/aromatic N) is 2. The second kappa shape index (κ2) is 9.03. The third-order valence-electron chi connectivity index (χ3n) is 4.01. The molecule has 0 fully saturated rings. The number of carbonyl (C=O) groups is 1. The van der Waals surface area contributed by atoms with E-state index < -0.39 is 0 Å². The summed E-state index contributed by atoms with van der Waals surface area (Å²) in [4.78, 5) is 17.9. The Hall–Kier alpha value is -2.40. The SMILES string of the molecule is CCCN(C)c1ccc(CCc2ccc(CC(=O)NN)cc2)cn1. The van der Waals surface area contributed by atoms with E-state index in [1.165, 1.54) is 11.1 Å². The Kier molecular flexibility index (Phi) is 6.75. The van der Waals surface area contributed by atoms with Crippen LogP contribution in [0.2, 0.25) is 0 Å². The summed E-state index contributed by atoms with van der Waals surface area (Å²) in [6.07, 6.45) is 5.29. The molecule has 3 N–H and O–H groups in total. The fraction of sp³-hybridized carbons (Fsp3) is 0.368. The van der Waals surface area contributed by atoms with Gasteiger partial charge in [-0.25, -0.2) is 10.8 Å². The van der Waals surface area contributed by atoms with Crippen LogP contribution in [0.25, 0.3) is 0 Å². The summed E-state index contributed by atoms with van der Waals surface area (Å²) in [6.45, 7) is 3.18. The van der Waals surface area contributed by atoms with Crippen molar-refractivity contribution in [2.24, 2.45) is 5.84 Å². The van der Waals surface area contributed by atoms with Crippen LogP contribution in [-0.2, 0) is 24.1 Å². The van der Waals surface area contributed by atoms with Crippen LogP contribution >= 0.6 is 0 Å². The molecule has 0 saturated carbocycles. The molecule has 0 bridgehead atoms. The Morgan fingerprint density at radius 2 is 1.71 bits per heavy atom. The van der Waals surface area contributed by atoms with Crippen molar-refractivity contribution < 1.29 is 4.79 Å². The fourth-order valence-electron chi connectivity index (χ4n) is 2.59. The Bertz CT molecular complexity index is 637. The number of amides is 1. The van der Waals surface area contributed by atoms with Crippen molar-refractivity contribution in [3.05, 3.63) is 59.3 Å². The molecule has 0 saturated heterocycles. The smallest absolute Gasteiger partial charge is 0.238 e. The normalized spacial score (nSPS) is 10.5. The molecule has 2 rings (SSSR count). The minimum Gasteiger partial charge on any atom is -0.360 e. The summed E-state index contributed by atoms with van der Waals surface area (Å²) in [5, 5.41) is 0. The van der Waals surface area contributed by atoms with Crippen LogP contribution in [0.3, 0.4) is 0 Å². The predicted octanol–water partition coefficient (Wildman–Crippen LogP) is 2.25. The lowest BCUT2D eigenvalue weighted by Gasteiger charge is -2.17. The number of aromatic nitrogens is 1. The number of hydrogen-bond donors (Lipinski definition) is 2. The number of aryl methyl sites for hydroxylation is 2. The molecule has 1 aromatic carbocycles. The minimum atomic E-state index is -0.179. The van der Waals surface area contributed by atoms with E-state index in [0.717, 1.165) is 37.2 Å². The third-order valence-corrected chi connectivity index (χ3v) is 4.01. The predicted molar refractivity (Wildman–Crippen MR) is 97.7 cm³/mol.